The van der Waals surface area contributed by atoms with Crippen LogP contribution in [0.15, 0.2) is 23.1 Å². The summed E-state index contributed by atoms with van der Waals surface area (Å²) in [4.78, 5) is 11.3. The third-order valence-corrected chi connectivity index (χ3v) is 2.31. The van der Waals surface area contributed by atoms with Crippen molar-refractivity contribution < 1.29 is 22.3 Å². The van der Waals surface area contributed by atoms with Crippen molar-refractivity contribution in [2.24, 2.45) is 0 Å². The Kier molecular flexibility index (Phi) is 5.34. The van der Waals surface area contributed by atoms with Crippen LogP contribution in [0.2, 0.25) is 0 Å². The molecule has 1 heterocycles. The maximum atomic E-state index is 12.5. The van der Waals surface area contributed by atoms with E-state index in [2.05, 4.69) is 4.74 Å². The molecule has 0 aliphatic rings. The van der Waals surface area contributed by atoms with Crippen LogP contribution in [0.4, 0.5) is 23.2 Å². The fourth-order valence-electron chi connectivity index (χ4n) is 1.33. The van der Waals surface area contributed by atoms with Gasteiger partial charge in [0.2, 0.25) is 0 Å². The predicted molar refractivity (Wildman–Crippen MR) is 61.5 cm³/mol. The number of hydrogen-bond acceptors (Lipinski definition) is 3. The van der Waals surface area contributed by atoms with Crippen LogP contribution in [0.5, 0.6) is 0 Å². The van der Waals surface area contributed by atoms with Crippen molar-refractivity contribution >= 4 is 5.69 Å². The van der Waals surface area contributed by atoms with Crippen LogP contribution >= 0.6 is 0 Å². The molecule has 4 nitrogen and oxygen atoms in total. The molecule has 19 heavy (non-hydrogen) atoms. The Morgan fingerprint density at radius 2 is 2.05 bits per heavy atom. The van der Waals surface area contributed by atoms with Crippen molar-refractivity contribution in [2.45, 2.75) is 25.3 Å². The summed E-state index contributed by atoms with van der Waals surface area (Å²) in [5.74, 6) is -4.14. The number of anilines is 1. The molecule has 0 aliphatic carbocycles. The lowest BCUT2D eigenvalue weighted by Gasteiger charge is -2.15. The second-order valence-corrected chi connectivity index (χ2v) is 3.96. The lowest BCUT2D eigenvalue weighted by molar-refractivity contribution is -0.166. The van der Waals surface area contributed by atoms with Gasteiger partial charge in [-0.1, -0.05) is 0 Å². The quantitative estimate of drug-likeness (QED) is 0.612. The van der Waals surface area contributed by atoms with Crippen LogP contribution in [0.25, 0.3) is 0 Å². The first-order valence-electron chi connectivity index (χ1n) is 5.52. The average Bonchev–Trinajstić information content (AvgIpc) is 2.32. The van der Waals surface area contributed by atoms with Crippen molar-refractivity contribution in [2.75, 3.05) is 18.9 Å². The average molecular weight is 282 g/mol. The minimum Gasteiger partial charge on any atom is -0.398 e. The van der Waals surface area contributed by atoms with E-state index in [1.165, 1.54) is 22.9 Å². The van der Waals surface area contributed by atoms with Gasteiger partial charge in [0.1, 0.15) is 6.61 Å². The molecular weight excluding hydrogens is 268 g/mol. The van der Waals surface area contributed by atoms with E-state index in [4.69, 9.17) is 5.73 Å². The van der Waals surface area contributed by atoms with Gasteiger partial charge in [0, 0.05) is 31.1 Å². The van der Waals surface area contributed by atoms with Gasteiger partial charge in [-0.2, -0.15) is 8.78 Å². The van der Waals surface area contributed by atoms with Gasteiger partial charge in [0.25, 0.3) is 5.56 Å². The Bertz CT molecular complexity index is 462. The van der Waals surface area contributed by atoms with Crippen LogP contribution < -0.4 is 11.3 Å². The summed E-state index contributed by atoms with van der Waals surface area (Å²) in [6, 6.07) is 2.72. The molecule has 0 radical (unpaired) electrons. The Balaban J connectivity index is 2.32. The lowest BCUT2D eigenvalue weighted by atomic mass is 10.3. The first-order chi connectivity index (χ1) is 8.83. The highest BCUT2D eigenvalue weighted by atomic mass is 19.3. The standard InChI is InChI=1S/C11H14F4N2O2/c12-10(13)11(14,15)7-19-5-1-4-17-6-8(16)2-3-9(17)18/h2-3,6,10H,1,4-5,7,16H2. The predicted octanol–water partition coefficient (Wildman–Crippen LogP) is 1.74. The number of pyridine rings is 1. The monoisotopic (exact) mass is 282 g/mol. The van der Waals surface area contributed by atoms with E-state index in [1.807, 2.05) is 0 Å². The zero-order valence-electron chi connectivity index (χ0n) is 9.99. The van der Waals surface area contributed by atoms with Crippen LogP contribution in [0.3, 0.4) is 0 Å². The van der Waals surface area contributed by atoms with Crippen molar-refractivity contribution in [1.82, 2.24) is 4.57 Å². The Morgan fingerprint density at radius 3 is 2.68 bits per heavy atom. The number of rotatable bonds is 7. The van der Waals surface area contributed by atoms with Gasteiger partial charge in [-0.15, -0.1) is 0 Å². The van der Waals surface area contributed by atoms with E-state index in [-0.39, 0.29) is 25.1 Å². The molecule has 0 saturated heterocycles. The number of nitrogens with two attached hydrogens (primary N) is 1. The van der Waals surface area contributed by atoms with Gasteiger partial charge in [-0.25, -0.2) is 8.78 Å². The smallest absolute Gasteiger partial charge is 0.330 e. The second-order valence-electron chi connectivity index (χ2n) is 3.96. The molecular formula is C11H14F4N2O2. The maximum Gasteiger partial charge on any atom is 0.330 e. The number of aromatic nitrogens is 1. The van der Waals surface area contributed by atoms with Crippen LogP contribution in [-0.4, -0.2) is 30.1 Å². The number of nitrogen functional groups attached to an aromatic ring is 1. The van der Waals surface area contributed by atoms with Crippen LogP contribution in [0.1, 0.15) is 6.42 Å². The van der Waals surface area contributed by atoms with Crippen molar-refractivity contribution in [1.29, 1.82) is 0 Å². The molecule has 1 aromatic heterocycles. The number of alkyl halides is 4. The van der Waals surface area contributed by atoms with Crippen molar-refractivity contribution in [3.05, 3.63) is 28.7 Å². The molecule has 0 bridgehead atoms. The number of hydrogen-bond donors (Lipinski definition) is 1. The van der Waals surface area contributed by atoms with Gasteiger partial charge in [-0.3, -0.25) is 4.79 Å². The molecule has 1 rings (SSSR count). The zero-order valence-corrected chi connectivity index (χ0v) is 9.99. The van der Waals surface area contributed by atoms with E-state index in [9.17, 15) is 22.4 Å². The zero-order chi connectivity index (χ0) is 14.5. The molecule has 0 unspecified atom stereocenters. The molecule has 2 N–H and O–H groups in total. The molecule has 0 spiro atoms. The summed E-state index contributed by atoms with van der Waals surface area (Å²) in [5, 5.41) is 0. The van der Waals surface area contributed by atoms with E-state index in [0.29, 0.717) is 5.69 Å². The summed E-state index contributed by atoms with van der Waals surface area (Å²) < 4.78 is 54.3. The fraction of sp³-hybridized carbons (Fsp3) is 0.545. The number of halogens is 4. The van der Waals surface area contributed by atoms with Crippen molar-refractivity contribution in [3.63, 3.8) is 0 Å². The summed E-state index contributed by atoms with van der Waals surface area (Å²) in [6.45, 7) is -1.27. The van der Waals surface area contributed by atoms with Gasteiger partial charge in [-0.05, 0) is 12.5 Å². The number of ether oxygens (including phenoxy) is 1. The third kappa shape index (κ3) is 4.90. The Hall–Kier alpha value is -1.57. The van der Waals surface area contributed by atoms with Crippen LogP contribution in [-0.2, 0) is 11.3 Å². The minimum atomic E-state index is -4.14. The van der Waals surface area contributed by atoms with Gasteiger partial charge >= 0.3 is 12.3 Å². The molecule has 8 heteroatoms. The molecule has 0 aromatic carbocycles. The molecule has 0 fully saturated rings. The van der Waals surface area contributed by atoms with E-state index >= 15 is 0 Å². The lowest BCUT2D eigenvalue weighted by Crippen LogP contribution is -2.32. The first-order valence-corrected chi connectivity index (χ1v) is 5.52. The summed E-state index contributed by atoms with van der Waals surface area (Å²) >= 11 is 0. The molecule has 0 atom stereocenters. The highest BCUT2D eigenvalue weighted by molar-refractivity contribution is 5.33. The summed E-state index contributed by atoms with van der Waals surface area (Å²) in [6.07, 6.45) is -2.09. The highest BCUT2D eigenvalue weighted by Gasteiger charge is 2.40. The summed E-state index contributed by atoms with van der Waals surface area (Å²) in [7, 11) is 0. The minimum absolute atomic E-state index is 0.149. The molecule has 1 aromatic rings. The van der Waals surface area contributed by atoms with Gasteiger partial charge in [0.15, 0.2) is 0 Å². The number of nitrogens with zero attached hydrogens (tertiary/aromatic N) is 1. The number of aryl methyl sites for hydroxylation is 1. The maximum absolute atomic E-state index is 12.5. The normalized spacial score (nSPS) is 12.1. The van der Waals surface area contributed by atoms with Crippen LogP contribution in [0, 0.1) is 0 Å². The molecule has 108 valence electrons. The third-order valence-electron chi connectivity index (χ3n) is 2.31. The van der Waals surface area contributed by atoms with E-state index in [0.717, 1.165) is 0 Å². The largest absolute Gasteiger partial charge is 0.398 e. The Morgan fingerprint density at radius 1 is 1.37 bits per heavy atom. The SMILES string of the molecule is Nc1ccc(=O)n(CCCOCC(F)(F)C(F)F)c1. The fourth-order valence-corrected chi connectivity index (χ4v) is 1.33. The topological polar surface area (TPSA) is 57.2 Å². The highest BCUT2D eigenvalue weighted by Crippen LogP contribution is 2.22. The molecule has 0 aliphatic heterocycles. The van der Waals surface area contributed by atoms with Gasteiger partial charge < -0.3 is 15.0 Å². The van der Waals surface area contributed by atoms with Crippen molar-refractivity contribution in [3.8, 4) is 0 Å². The van der Waals surface area contributed by atoms with Gasteiger partial charge in [0.05, 0.1) is 0 Å². The second kappa shape index (κ2) is 6.55. The van der Waals surface area contributed by atoms with E-state index in [1.54, 1.807) is 0 Å². The molecule has 0 amide bonds. The Labute approximate surface area is 106 Å². The summed E-state index contributed by atoms with van der Waals surface area (Å²) in [5.41, 5.74) is 5.58. The van der Waals surface area contributed by atoms with E-state index < -0.39 is 19.0 Å². The first kappa shape index (κ1) is 15.5. The molecule has 0 saturated carbocycles.